The Kier molecular flexibility index (Phi) is 2.31. The molecule has 1 saturated carbocycles. The molecule has 0 radical (unpaired) electrons. The first-order valence-electron chi connectivity index (χ1n) is 4.89. The third kappa shape index (κ3) is 1.58. The lowest BCUT2D eigenvalue weighted by molar-refractivity contribution is 0.422. The molecule has 1 heterocycles. The number of aromatic nitrogens is 3. The van der Waals surface area contributed by atoms with Gasteiger partial charge in [-0.25, -0.2) is 0 Å². The van der Waals surface area contributed by atoms with Gasteiger partial charge >= 0.3 is 0 Å². The van der Waals surface area contributed by atoms with Crippen LogP contribution in [-0.4, -0.2) is 15.0 Å². The van der Waals surface area contributed by atoms with Crippen molar-refractivity contribution in [3.05, 3.63) is 11.9 Å². The molecule has 0 aromatic carbocycles. The minimum Gasteiger partial charge on any atom is -0.322 e. The molecule has 4 heteroatoms. The normalized spacial score (nSPS) is 20.8. The Hall–Kier alpha value is -0.900. The summed E-state index contributed by atoms with van der Waals surface area (Å²) in [4.78, 5) is 0. The Bertz CT molecular complexity index is 275. The maximum Gasteiger partial charge on any atom is 0.0753 e. The highest BCUT2D eigenvalue weighted by molar-refractivity contribution is 5.03. The van der Waals surface area contributed by atoms with Crippen LogP contribution in [0.2, 0.25) is 0 Å². The first kappa shape index (κ1) is 8.69. The van der Waals surface area contributed by atoms with E-state index in [1.54, 1.807) is 10.9 Å². The summed E-state index contributed by atoms with van der Waals surface area (Å²) in [6.07, 6.45) is 6.94. The maximum absolute atomic E-state index is 6.14. The van der Waals surface area contributed by atoms with Crippen LogP contribution in [0, 0.1) is 5.92 Å². The summed E-state index contributed by atoms with van der Waals surface area (Å²) in [7, 11) is 1.90. The fourth-order valence-corrected chi connectivity index (χ4v) is 2.16. The van der Waals surface area contributed by atoms with Crippen molar-refractivity contribution in [2.24, 2.45) is 18.7 Å². The van der Waals surface area contributed by atoms with Crippen molar-refractivity contribution in [2.45, 2.75) is 31.7 Å². The zero-order chi connectivity index (χ0) is 9.26. The summed E-state index contributed by atoms with van der Waals surface area (Å²) in [6.45, 7) is 0. The van der Waals surface area contributed by atoms with Gasteiger partial charge in [0.05, 0.1) is 17.9 Å². The van der Waals surface area contributed by atoms with Crippen LogP contribution in [0.3, 0.4) is 0 Å². The number of aryl methyl sites for hydroxylation is 1. The van der Waals surface area contributed by atoms with E-state index in [1.807, 2.05) is 7.05 Å². The van der Waals surface area contributed by atoms with Gasteiger partial charge in [0.1, 0.15) is 0 Å². The average molecular weight is 180 g/mol. The Labute approximate surface area is 78.1 Å². The molecule has 1 aromatic heterocycles. The molecular formula is C9H16N4. The van der Waals surface area contributed by atoms with Crippen molar-refractivity contribution in [3.63, 3.8) is 0 Å². The van der Waals surface area contributed by atoms with Crippen LogP contribution in [0.5, 0.6) is 0 Å². The topological polar surface area (TPSA) is 56.7 Å². The van der Waals surface area contributed by atoms with Crippen molar-refractivity contribution in [1.82, 2.24) is 15.0 Å². The van der Waals surface area contributed by atoms with Gasteiger partial charge < -0.3 is 5.73 Å². The van der Waals surface area contributed by atoms with E-state index < -0.39 is 0 Å². The molecule has 72 valence electrons. The zero-order valence-electron chi connectivity index (χ0n) is 7.98. The second kappa shape index (κ2) is 3.46. The largest absolute Gasteiger partial charge is 0.322 e. The molecule has 1 aromatic rings. The molecule has 2 N–H and O–H groups in total. The number of nitrogens with zero attached hydrogens (tertiary/aromatic N) is 3. The standard InChI is InChI=1S/C9H16N4/c1-13-8(6-11-12-13)9(10)7-4-2-3-5-7/h6-7,9H,2-5,10H2,1H3. The lowest BCUT2D eigenvalue weighted by atomic mass is 9.97. The number of hydrogen-bond acceptors (Lipinski definition) is 3. The lowest BCUT2D eigenvalue weighted by Crippen LogP contribution is -2.21. The molecule has 0 amide bonds. The molecular weight excluding hydrogens is 164 g/mol. The van der Waals surface area contributed by atoms with Gasteiger partial charge in [-0.2, -0.15) is 0 Å². The molecule has 0 spiro atoms. The molecule has 1 aliphatic rings. The fourth-order valence-electron chi connectivity index (χ4n) is 2.16. The lowest BCUT2D eigenvalue weighted by Gasteiger charge is -2.17. The molecule has 0 saturated heterocycles. The summed E-state index contributed by atoms with van der Waals surface area (Å²) in [5, 5.41) is 7.74. The van der Waals surface area contributed by atoms with Gasteiger partial charge in [0, 0.05) is 7.05 Å². The zero-order valence-corrected chi connectivity index (χ0v) is 7.98. The van der Waals surface area contributed by atoms with Crippen molar-refractivity contribution < 1.29 is 0 Å². The second-order valence-electron chi connectivity index (χ2n) is 3.85. The maximum atomic E-state index is 6.14. The Morgan fingerprint density at radius 2 is 2.23 bits per heavy atom. The van der Waals surface area contributed by atoms with Gasteiger partial charge in [-0.1, -0.05) is 18.1 Å². The summed E-state index contributed by atoms with van der Waals surface area (Å²) >= 11 is 0. The molecule has 13 heavy (non-hydrogen) atoms. The van der Waals surface area contributed by atoms with Gasteiger partial charge in [-0.3, -0.25) is 4.68 Å². The first-order valence-corrected chi connectivity index (χ1v) is 4.89. The second-order valence-corrected chi connectivity index (χ2v) is 3.85. The molecule has 1 aliphatic carbocycles. The van der Waals surface area contributed by atoms with Crippen LogP contribution in [0.1, 0.15) is 37.4 Å². The van der Waals surface area contributed by atoms with Crippen LogP contribution >= 0.6 is 0 Å². The van der Waals surface area contributed by atoms with E-state index in [0.29, 0.717) is 5.92 Å². The molecule has 4 nitrogen and oxygen atoms in total. The van der Waals surface area contributed by atoms with Crippen LogP contribution in [-0.2, 0) is 7.05 Å². The van der Waals surface area contributed by atoms with Crippen LogP contribution in [0.15, 0.2) is 6.20 Å². The van der Waals surface area contributed by atoms with E-state index in [1.165, 1.54) is 25.7 Å². The summed E-state index contributed by atoms with van der Waals surface area (Å²) in [5.74, 6) is 0.636. The van der Waals surface area contributed by atoms with Gasteiger partial charge in [-0.05, 0) is 18.8 Å². The number of nitrogens with two attached hydrogens (primary N) is 1. The monoisotopic (exact) mass is 180 g/mol. The van der Waals surface area contributed by atoms with Crippen molar-refractivity contribution in [1.29, 1.82) is 0 Å². The Morgan fingerprint density at radius 3 is 2.77 bits per heavy atom. The summed E-state index contributed by atoms with van der Waals surface area (Å²) in [5.41, 5.74) is 7.21. The number of hydrogen-bond donors (Lipinski definition) is 1. The average Bonchev–Trinajstić information content (AvgIpc) is 2.72. The van der Waals surface area contributed by atoms with Crippen molar-refractivity contribution >= 4 is 0 Å². The Morgan fingerprint density at radius 1 is 1.54 bits per heavy atom. The minimum atomic E-state index is 0.127. The van der Waals surface area contributed by atoms with Gasteiger partial charge in [-0.15, -0.1) is 5.10 Å². The third-order valence-electron chi connectivity index (χ3n) is 3.00. The summed E-state index contributed by atoms with van der Waals surface area (Å²) in [6, 6.07) is 0.127. The minimum absolute atomic E-state index is 0.127. The molecule has 2 rings (SSSR count). The summed E-state index contributed by atoms with van der Waals surface area (Å²) < 4.78 is 1.78. The van der Waals surface area contributed by atoms with E-state index in [4.69, 9.17) is 5.73 Å². The quantitative estimate of drug-likeness (QED) is 0.738. The van der Waals surface area contributed by atoms with Crippen molar-refractivity contribution in [3.8, 4) is 0 Å². The predicted molar refractivity (Wildman–Crippen MR) is 49.9 cm³/mol. The van der Waals surface area contributed by atoms with Gasteiger partial charge in [0.2, 0.25) is 0 Å². The van der Waals surface area contributed by atoms with E-state index in [9.17, 15) is 0 Å². The van der Waals surface area contributed by atoms with Gasteiger partial charge in [0.25, 0.3) is 0 Å². The van der Waals surface area contributed by atoms with Crippen LogP contribution < -0.4 is 5.73 Å². The smallest absolute Gasteiger partial charge is 0.0753 e. The highest BCUT2D eigenvalue weighted by Gasteiger charge is 2.25. The highest BCUT2D eigenvalue weighted by Crippen LogP contribution is 2.33. The van der Waals surface area contributed by atoms with E-state index in [2.05, 4.69) is 10.3 Å². The highest BCUT2D eigenvalue weighted by atomic mass is 15.4. The molecule has 0 bridgehead atoms. The first-order chi connectivity index (χ1) is 6.29. The molecule has 1 unspecified atom stereocenters. The van der Waals surface area contributed by atoms with Gasteiger partial charge in [0.15, 0.2) is 0 Å². The van der Waals surface area contributed by atoms with Crippen LogP contribution in [0.4, 0.5) is 0 Å². The molecule has 1 fully saturated rings. The Balaban J connectivity index is 2.12. The third-order valence-corrected chi connectivity index (χ3v) is 3.00. The van der Waals surface area contributed by atoms with E-state index >= 15 is 0 Å². The fraction of sp³-hybridized carbons (Fsp3) is 0.778. The SMILES string of the molecule is Cn1nncc1C(N)C1CCCC1. The number of rotatable bonds is 2. The van der Waals surface area contributed by atoms with E-state index in [-0.39, 0.29) is 6.04 Å². The predicted octanol–water partition coefficient (Wildman–Crippen LogP) is 1.01. The van der Waals surface area contributed by atoms with E-state index in [0.717, 1.165) is 5.69 Å². The molecule has 0 aliphatic heterocycles. The van der Waals surface area contributed by atoms with Crippen molar-refractivity contribution in [2.75, 3.05) is 0 Å². The molecule has 1 atom stereocenters. The van der Waals surface area contributed by atoms with Crippen LogP contribution in [0.25, 0.3) is 0 Å².